The van der Waals surface area contributed by atoms with Crippen LogP contribution in [0.2, 0.25) is 0 Å². The number of aliphatic carboxylic acids is 1. The Labute approximate surface area is 74.8 Å². The zero-order valence-electron chi connectivity index (χ0n) is 7.21. The van der Waals surface area contributed by atoms with E-state index in [4.69, 9.17) is 10.2 Å². The fourth-order valence-corrected chi connectivity index (χ4v) is 1.01. The van der Waals surface area contributed by atoms with E-state index in [2.05, 4.69) is 10.3 Å². The molecule has 1 atom stereocenters. The van der Waals surface area contributed by atoms with E-state index < -0.39 is 12.0 Å². The third-order valence-corrected chi connectivity index (χ3v) is 1.71. The lowest BCUT2D eigenvalue weighted by atomic mass is 10.2. The molecule has 1 heterocycles. The second kappa shape index (κ2) is 3.99. The summed E-state index contributed by atoms with van der Waals surface area (Å²) in [4.78, 5) is 10.7. The van der Waals surface area contributed by atoms with Crippen LogP contribution < -0.4 is 0 Å². The van der Waals surface area contributed by atoms with Gasteiger partial charge in [-0.3, -0.25) is 0 Å². The van der Waals surface area contributed by atoms with Crippen molar-refractivity contribution in [2.75, 3.05) is 0 Å². The predicted molar refractivity (Wildman–Crippen MR) is 42.9 cm³/mol. The van der Waals surface area contributed by atoms with Gasteiger partial charge in [0.25, 0.3) is 0 Å². The summed E-state index contributed by atoms with van der Waals surface area (Å²) in [6.07, 6.45) is 1.87. The van der Waals surface area contributed by atoms with Gasteiger partial charge >= 0.3 is 5.97 Å². The van der Waals surface area contributed by atoms with Gasteiger partial charge in [0.2, 0.25) is 0 Å². The molecule has 0 fully saturated rings. The number of rotatable bonds is 4. The maximum absolute atomic E-state index is 10.7. The zero-order valence-corrected chi connectivity index (χ0v) is 7.21. The second-order valence-corrected chi connectivity index (χ2v) is 2.61. The maximum Gasteiger partial charge on any atom is 0.328 e. The molecular formula is C7H11N3O3. The molecule has 6 nitrogen and oxygen atoms in total. The molecule has 2 N–H and O–H groups in total. The Bertz CT molecular complexity index is 297. The quantitative estimate of drug-likeness (QED) is 0.678. The van der Waals surface area contributed by atoms with Crippen LogP contribution in [0.25, 0.3) is 0 Å². The fourth-order valence-electron chi connectivity index (χ4n) is 1.01. The van der Waals surface area contributed by atoms with Gasteiger partial charge in [-0.15, -0.1) is 5.10 Å². The Kier molecular flexibility index (Phi) is 2.97. The van der Waals surface area contributed by atoms with Crippen LogP contribution in [0.4, 0.5) is 0 Å². The van der Waals surface area contributed by atoms with Gasteiger partial charge in [-0.05, 0) is 6.42 Å². The Hall–Kier alpha value is -1.43. The lowest BCUT2D eigenvalue weighted by molar-refractivity contribution is -0.141. The molecule has 1 aromatic rings. The van der Waals surface area contributed by atoms with Crippen molar-refractivity contribution in [3.8, 4) is 0 Å². The summed E-state index contributed by atoms with van der Waals surface area (Å²) >= 11 is 0. The maximum atomic E-state index is 10.7. The number of nitrogens with zero attached hydrogens (tertiary/aromatic N) is 3. The van der Waals surface area contributed by atoms with Crippen molar-refractivity contribution in [1.82, 2.24) is 15.0 Å². The van der Waals surface area contributed by atoms with Gasteiger partial charge in [-0.1, -0.05) is 12.1 Å². The molecule has 0 radical (unpaired) electrons. The van der Waals surface area contributed by atoms with Crippen molar-refractivity contribution in [2.24, 2.45) is 0 Å². The van der Waals surface area contributed by atoms with Crippen molar-refractivity contribution in [2.45, 2.75) is 26.0 Å². The third-order valence-electron chi connectivity index (χ3n) is 1.71. The molecule has 0 aliphatic carbocycles. The highest BCUT2D eigenvalue weighted by Crippen LogP contribution is 2.09. The van der Waals surface area contributed by atoms with Gasteiger partial charge in [0, 0.05) is 0 Å². The monoisotopic (exact) mass is 185 g/mol. The number of aliphatic hydroxyl groups is 1. The first-order valence-electron chi connectivity index (χ1n) is 3.93. The number of hydrogen-bond donors (Lipinski definition) is 2. The largest absolute Gasteiger partial charge is 0.480 e. The van der Waals surface area contributed by atoms with Crippen molar-refractivity contribution >= 4 is 5.97 Å². The minimum Gasteiger partial charge on any atom is -0.480 e. The first-order valence-corrected chi connectivity index (χ1v) is 3.93. The van der Waals surface area contributed by atoms with E-state index in [1.54, 1.807) is 6.92 Å². The highest BCUT2D eigenvalue weighted by atomic mass is 16.4. The van der Waals surface area contributed by atoms with Crippen molar-refractivity contribution < 1.29 is 15.0 Å². The first-order chi connectivity index (χ1) is 6.19. The third kappa shape index (κ3) is 2.03. The number of carboxylic acid groups (broad SMARTS) is 1. The summed E-state index contributed by atoms with van der Waals surface area (Å²) in [6.45, 7) is 1.52. The van der Waals surface area contributed by atoms with Crippen molar-refractivity contribution in [3.05, 3.63) is 11.9 Å². The molecule has 0 saturated carbocycles. The number of carbonyl (C=O) groups is 1. The van der Waals surface area contributed by atoms with Crippen LogP contribution >= 0.6 is 0 Å². The molecule has 0 aliphatic rings. The molecule has 0 aromatic carbocycles. The van der Waals surface area contributed by atoms with Gasteiger partial charge in [0.1, 0.15) is 5.69 Å². The van der Waals surface area contributed by atoms with E-state index >= 15 is 0 Å². The fraction of sp³-hybridized carbons (Fsp3) is 0.571. The molecule has 0 saturated heterocycles. The predicted octanol–water partition coefficient (Wildman–Crippen LogP) is -0.194. The lowest BCUT2D eigenvalue weighted by Gasteiger charge is -2.07. The topological polar surface area (TPSA) is 88.2 Å². The first kappa shape index (κ1) is 9.66. The van der Waals surface area contributed by atoms with Crippen LogP contribution in [0.1, 0.15) is 25.1 Å². The summed E-state index contributed by atoms with van der Waals surface area (Å²) in [5, 5.41) is 24.6. The highest BCUT2D eigenvalue weighted by molar-refractivity contribution is 5.71. The Morgan fingerprint density at radius 3 is 2.85 bits per heavy atom. The zero-order chi connectivity index (χ0) is 9.84. The van der Waals surface area contributed by atoms with Crippen LogP contribution in [-0.2, 0) is 11.4 Å². The Balaban J connectivity index is 2.85. The van der Waals surface area contributed by atoms with E-state index in [9.17, 15) is 4.79 Å². The minimum atomic E-state index is -0.947. The smallest absolute Gasteiger partial charge is 0.328 e. The van der Waals surface area contributed by atoms with Crippen LogP contribution in [0, 0.1) is 0 Å². The number of aromatic nitrogens is 3. The van der Waals surface area contributed by atoms with E-state index in [-0.39, 0.29) is 6.61 Å². The molecule has 0 bridgehead atoms. The van der Waals surface area contributed by atoms with E-state index in [1.165, 1.54) is 10.9 Å². The molecule has 1 aromatic heterocycles. The molecule has 0 aliphatic heterocycles. The normalized spacial score (nSPS) is 12.8. The van der Waals surface area contributed by atoms with Crippen LogP contribution in [0.15, 0.2) is 6.20 Å². The lowest BCUT2D eigenvalue weighted by Crippen LogP contribution is -2.18. The summed E-state index contributed by atoms with van der Waals surface area (Å²) < 4.78 is 1.24. The van der Waals surface area contributed by atoms with Crippen LogP contribution in [0.3, 0.4) is 0 Å². The van der Waals surface area contributed by atoms with Crippen molar-refractivity contribution in [1.29, 1.82) is 0 Å². The second-order valence-electron chi connectivity index (χ2n) is 2.61. The summed E-state index contributed by atoms with van der Waals surface area (Å²) in [5.41, 5.74) is 0.375. The standard InChI is InChI=1S/C7H11N3O3/c1-2-6(7(12)13)10-3-5(4-11)8-9-10/h3,6,11H,2,4H2,1H3,(H,12,13). The summed E-state index contributed by atoms with van der Waals surface area (Å²) in [7, 11) is 0. The Morgan fingerprint density at radius 1 is 1.77 bits per heavy atom. The molecule has 1 unspecified atom stereocenters. The molecule has 0 spiro atoms. The molecule has 6 heteroatoms. The number of hydrogen-bond acceptors (Lipinski definition) is 4. The van der Waals surface area contributed by atoms with Gasteiger partial charge < -0.3 is 10.2 Å². The van der Waals surface area contributed by atoms with Gasteiger partial charge in [-0.2, -0.15) is 0 Å². The van der Waals surface area contributed by atoms with E-state index in [1.807, 2.05) is 0 Å². The van der Waals surface area contributed by atoms with E-state index in [0.29, 0.717) is 12.1 Å². The van der Waals surface area contributed by atoms with Crippen LogP contribution in [-0.4, -0.2) is 31.2 Å². The van der Waals surface area contributed by atoms with Crippen molar-refractivity contribution in [3.63, 3.8) is 0 Å². The molecule has 0 amide bonds. The minimum absolute atomic E-state index is 0.226. The summed E-state index contributed by atoms with van der Waals surface area (Å²) in [5.74, 6) is -0.947. The summed E-state index contributed by atoms with van der Waals surface area (Å²) in [6, 6.07) is -0.701. The van der Waals surface area contributed by atoms with Gasteiger partial charge in [0.05, 0.1) is 12.8 Å². The number of aliphatic hydroxyl groups excluding tert-OH is 1. The average molecular weight is 185 g/mol. The average Bonchev–Trinajstić information content (AvgIpc) is 2.53. The Morgan fingerprint density at radius 2 is 2.46 bits per heavy atom. The number of carboxylic acids is 1. The highest BCUT2D eigenvalue weighted by Gasteiger charge is 2.18. The van der Waals surface area contributed by atoms with Gasteiger partial charge in [-0.25, -0.2) is 9.48 Å². The molecule has 72 valence electrons. The molecule has 1 rings (SSSR count). The molecule has 13 heavy (non-hydrogen) atoms. The molecular weight excluding hydrogens is 174 g/mol. The SMILES string of the molecule is CCC(C(=O)O)n1cc(CO)nn1. The van der Waals surface area contributed by atoms with E-state index in [0.717, 1.165) is 0 Å². The van der Waals surface area contributed by atoms with Gasteiger partial charge in [0.15, 0.2) is 6.04 Å². The van der Waals surface area contributed by atoms with Crippen LogP contribution in [0.5, 0.6) is 0 Å².